The first-order valence-electron chi connectivity index (χ1n) is 11.4. The molecular formula is C26H33N3O3. The Morgan fingerprint density at radius 1 is 0.969 bits per heavy atom. The van der Waals surface area contributed by atoms with Crippen LogP contribution < -0.4 is 10.6 Å². The molecule has 2 atom stereocenters. The highest BCUT2D eigenvalue weighted by atomic mass is 16.2. The quantitative estimate of drug-likeness (QED) is 0.698. The summed E-state index contributed by atoms with van der Waals surface area (Å²) < 4.78 is 0. The van der Waals surface area contributed by atoms with Crippen molar-refractivity contribution in [1.82, 2.24) is 15.5 Å². The molecule has 6 nitrogen and oxygen atoms in total. The van der Waals surface area contributed by atoms with Crippen molar-refractivity contribution in [3.8, 4) is 0 Å². The molecule has 0 saturated carbocycles. The van der Waals surface area contributed by atoms with Crippen LogP contribution in [0.25, 0.3) is 0 Å². The summed E-state index contributed by atoms with van der Waals surface area (Å²) in [5.74, 6) is -0.426. The Kier molecular flexibility index (Phi) is 8.03. The van der Waals surface area contributed by atoms with E-state index in [-0.39, 0.29) is 29.7 Å². The van der Waals surface area contributed by atoms with Gasteiger partial charge in [-0.1, -0.05) is 43.3 Å². The van der Waals surface area contributed by atoms with E-state index in [4.69, 9.17) is 0 Å². The van der Waals surface area contributed by atoms with E-state index < -0.39 is 6.04 Å². The van der Waals surface area contributed by atoms with E-state index in [1.54, 1.807) is 6.07 Å². The van der Waals surface area contributed by atoms with Crippen molar-refractivity contribution in [3.63, 3.8) is 0 Å². The number of aryl methyl sites for hydroxylation is 1. The second-order valence-corrected chi connectivity index (χ2v) is 8.58. The number of rotatable bonds is 7. The van der Waals surface area contributed by atoms with E-state index in [2.05, 4.69) is 10.6 Å². The summed E-state index contributed by atoms with van der Waals surface area (Å²) in [7, 11) is 0. The van der Waals surface area contributed by atoms with Gasteiger partial charge in [-0.05, 0) is 62.8 Å². The molecule has 0 aliphatic carbocycles. The molecule has 2 N–H and O–H groups in total. The first-order chi connectivity index (χ1) is 15.4. The summed E-state index contributed by atoms with van der Waals surface area (Å²) in [6.07, 6.45) is 2.13. The monoisotopic (exact) mass is 435 g/mol. The van der Waals surface area contributed by atoms with Crippen molar-refractivity contribution in [2.75, 3.05) is 13.1 Å². The highest BCUT2D eigenvalue weighted by Crippen LogP contribution is 2.23. The molecule has 3 amide bonds. The summed E-state index contributed by atoms with van der Waals surface area (Å²) in [4.78, 5) is 40.7. The van der Waals surface area contributed by atoms with E-state index in [0.717, 1.165) is 12.0 Å². The summed E-state index contributed by atoms with van der Waals surface area (Å²) in [5, 5.41) is 6.02. The van der Waals surface area contributed by atoms with E-state index in [0.29, 0.717) is 37.1 Å². The highest BCUT2D eigenvalue weighted by Gasteiger charge is 2.34. The van der Waals surface area contributed by atoms with Gasteiger partial charge in [0.05, 0.1) is 0 Å². The van der Waals surface area contributed by atoms with Crippen molar-refractivity contribution >= 4 is 17.7 Å². The van der Waals surface area contributed by atoms with Gasteiger partial charge in [0, 0.05) is 30.3 Å². The zero-order chi connectivity index (χ0) is 23.1. The van der Waals surface area contributed by atoms with Gasteiger partial charge in [0.2, 0.25) is 5.91 Å². The zero-order valence-corrected chi connectivity index (χ0v) is 19.1. The Hall–Kier alpha value is -3.15. The predicted molar refractivity (Wildman–Crippen MR) is 125 cm³/mol. The minimum atomic E-state index is -0.634. The summed E-state index contributed by atoms with van der Waals surface area (Å²) in [6.45, 7) is 6.98. The van der Waals surface area contributed by atoms with Crippen LogP contribution in [0.3, 0.4) is 0 Å². The van der Waals surface area contributed by atoms with Gasteiger partial charge in [-0.3, -0.25) is 14.4 Å². The fourth-order valence-electron chi connectivity index (χ4n) is 4.08. The van der Waals surface area contributed by atoms with Crippen LogP contribution in [0.4, 0.5) is 0 Å². The van der Waals surface area contributed by atoms with Gasteiger partial charge in [0.25, 0.3) is 11.8 Å². The second-order valence-electron chi connectivity index (χ2n) is 8.58. The van der Waals surface area contributed by atoms with Crippen LogP contribution in [0.5, 0.6) is 0 Å². The van der Waals surface area contributed by atoms with Gasteiger partial charge < -0.3 is 15.5 Å². The molecule has 2 aromatic carbocycles. The Morgan fingerprint density at radius 2 is 1.59 bits per heavy atom. The summed E-state index contributed by atoms with van der Waals surface area (Å²) in [5.41, 5.74) is 2.12. The molecule has 1 saturated heterocycles. The molecule has 1 aliphatic rings. The van der Waals surface area contributed by atoms with E-state index in [9.17, 15) is 14.4 Å². The number of amides is 3. The summed E-state index contributed by atoms with van der Waals surface area (Å²) in [6, 6.07) is 16.0. The standard InChI is InChI=1S/C26H33N3O3/c1-4-19(3)27-25(31)23(28-24(30)22-13-9-8-10-18(22)2)20-14-16-29(17-15-20)26(32)21-11-6-5-7-12-21/h5-13,19-20,23H,4,14-17H2,1-3H3,(H,27,31)(H,28,30)/t19-,23+/m0/s1. The number of hydrogen-bond acceptors (Lipinski definition) is 3. The SMILES string of the molecule is CC[C@H](C)NC(=O)[C@H](NC(=O)c1ccccc1C)C1CCN(C(=O)c2ccccc2)CC1. The minimum absolute atomic E-state index is 0.00797. The first-order valence-corrected chi connectivity index (χ1v) is 11.4. The van der Waals surface area contributed by atoms with Crippen LogP contribution in [0.15, 0.2) is 54.6 Å². The van der Waals surface area contributed by atoms with Crippen LogP contribution in [0, 0.1) is 12.8 Å². The molecule has 170 valence electrons. The van der Waals surface area contributed by atoms with Crippen molar-refractivity contribution in [3.05, 3.63) is 71.3 Å². The third-order valence-corrected chi connectivity index (χ3v) is 6.28. The number of hydrogen-bond donors (Lipinski definition) is 2. The number of carbonyl (C=O) groups is 3. The van der Waals surface area contributed by atoms with Gasteiger partial charge >= 0.3 is 0 Å². The van der Waals surface area contributed by atoms with Crippen molar-refractivity contribution in [2.24, 2.45) is 5.92 Å². The zero-order valence-electron chi connectivity index (χ0n) is 19.1. The average Bonchev–Trinajstić information content (AvgIpc) is 2.82. The Morgan fingerprint density at radius 3 is 2.22 bits per heavy atom. The normalized spacial score (nSPS) is 16.2. The lowest BCUT2D eigenvalue weighted by atomic mass is 9.88. The predicted octanol–water partition coefficient (Wildman–Crippen LogP) is 3.56. The number of likely N-dealkylation sites (tertiary alicyclic amines) is 1. The smallest absolute Gasteiger partial charge is 0.253 e. The third-order valence-electron chi connectivity index (χ3n) is 6.28. The molecule has 0 spiro atoms. The van der Waals surface area contributed by atoms with E-state index in [1.165, 1.54) is 0 Å². The fraction of sp³-hybridized carbons (Fsp3) is 0.423. The van der Waals surface area contributed by atoms with Gasteiger partial charge in [0.1, 0.15) is 6.04 Å². The topological polar surface area (TPSA) is 78.5 Å². The van der Waals surface area contributed by atoms with Crippen LogP contribution >= 0.6 is 0 Å². The third kappa shape index (κ3) is 5.75. The summed E-state index contributed by atoms with van der Waals surface area (Å²) >= 11 is 0. The lowest BCUT2D eigenvalue weighted by Crippen LogP contribution is -2.55. The van der Waals surface area contributed by atoms with Crippen LogP contribution in [-0.2, 0) is 4.79 Å². The molecule has 0 unspecified atom stereocenters. The lowest BCUT2D eigenvalue weighted by molar-refractivity contribution is -0.125. The molecule has 3 rings (SSSR count). The van der Waals surface area contributed by atoms with Gasteiger partial charge in [-0.2, -0.15) is 0 Å². The lowest BCUT2D eigenvalue weighted by Gasteiger charge is -2.36. The molecule has 1 aliphatic heterocycles. The van der Waals surface area contributed by atoms with Crippen molar-refractivity contribution in [2.45, 2.75) is 52.1 Å². The largest absolute Gasteiger partial charge is 0.352 e. The van der Waals surface area contributed by atoms with Gasteiger partial charge in [-0.25, -0.2) is 0 Å². The molecular weight excluding hydrogens is 402 g/mol. The van der Waals surface area contributed by atoms with E-state index in [1.807, 2.05) is 74.2 Å². The van der Waals surface area contributed by atoms with Crippen LogP contribution in [0.1, 0.15) is 59.4 Å². The molecule has 0 radical (unpaired) electrons. The van der Waals surface area contributed by atoms with Gasteiger partial charge in [0.15, 0.2) is 0 Å². The van der Waals surface area contributed by atoms with Crippen LogP contribution in [-0.4, -0.2) is 47.8 Å². The number of piperidine rings is 1. The fourth-order valence-corrected chi connectivity index (χ4v) is 4.08. The molecule has 0 aromatic heterocycles. The molecule has 1 heterocycles. The Bertz CT molecular complexity index is 936. The molecule has 2 aromatic rings. The maximum Gasteiger partial charge on any atom is 0.253 e. The Balaban J connectivity index is 1.71. The van der Waals surface area contributed by atoms with Crippen LogP contribution in [0.2, 0.25) is 0 Å². The Labute approximate surface area is 190 Å². The minimum Gasteiger partial charge on any atom is -0.352 e. The second kappa shape index (κ2) is 10.9. The maximum atomic E-state index is 13.1. The number of nitrogens with one attached hydrogen (secondary N) is 2. The van der Waals surface area contributed by atoms with Gasteiger partial charge in [-0.15, -0.1) is 0 Å². The number of nitrogens with zero attached hydrogens (tertiary/aromatic N) is 1. The number of benzene rings is 2. The highest BCUT2D eigenvalue weighted by molar-refractivity contribution is 5.98. The molecule has 0 bridgehead atoms. The van der Waals surface area contributed by atoms with Crippen molar-refractivity contribution in [1.29, 1.82) is 0 Å². The van der Waals surface area contributed by atoms with E-state index >= 15 is 0 Å². The first kappa shape index (κ1) is 23.5. The molecule has 32 heavy (non-hydrogen) atoms. The average molecular weight is 436 g/mol. The molecule has 6 heteroatoms. The van der Waals surface area contributed by atoms with Crippen molar-refractivity contribution < 1.29 is 14.4 Å². The number of carbonyl (C=O) groups excluding carboxylic acids is 3. The molecule has 1 fully saturated rings. The maximum absolute atomic E-state index is 13.1.